The summed E-state index contributed by atoms with van der Waals surface area (Å²) in [7, 11) is 3.08. The molecule has 1 aromatic rings. The summed E-state index contributed by atoms with van der Waals surface area (Å²) in [5.41, 5.74) is -1.16. The quantitative estimate of drug-likeness (QED) is 0.786. The standard InChI is InChI=1S/C14H20N2O4/c1-18-12(17)13(8-9-13)11-15-10(16-20-11)14(19-2)6-4-3-5-7-14/h3-9H2,1-2H3. The van der Waals surface area contributed by atoms with Gasteiger partial charge in [-0.3, -0.25) is 4.79 Å². The Hall–Kier alpha value is -1.43. The Morgan fingerprint density at radius 3 is 2.40 bits per heavy atom. The van der Waals surface area contributed by atoms with Crippen LogP contribution in [0.1, 0.15) is 56.7 Å². The second-order valence-electron chi connectivity index (χ2n) is 5.76. The van der Waals surface area contributed by atoms with E-state index in [0.29, 0.717) is 24.6 Å². The summed E-state index contributed by atoms with van der Waals surface area (Å²) < 4.78 is 15.9. The Balaban J connectivity index is 1.88. The molecule has 6 heteroatoms. The van der Waals surface area contributed by atoms with E-state index in [1.807, 2.05) is 0 Å². The first kappa shape index (κ1) is 13.5. The number of ether oxygens (including phenoxy) is 2. The van der Waals surface area contributed by atoms with Gasteiger partial charge in [0.2, 0.25) is 11.7 Å². The lowest BCUT2D eigenvalue weighted by molar-refractivity contribution is -0.144. The largest absolute Gasteiger partial charge is 0.468 e. The minimum absolute atomic E-state index is 0.289. The van der Waals surface area contributed by atoms with Crippen molar-refractivity contribution < 1.29 is 18.8 Å². The molecule has 2 saturated carbocycles. The zero-order valence-electron chi connectivity index (χ0n) is 12.0. The van der Waals surface area contributed by atoms with Gasteiger partial charge in [0.1, 0.15) is 11.0 Å². The zero-order chi connectivity index (χ0) is 14.2. The Labute approximate surface area is 117 Å². The molecule has 0 N–H and O–H groups in total. The van der Waals surface area contributed by atoms with Gasteiger partial charge in [-0.25, -0.2) is 0 Å². The summed E-state index contributed by atoms with van der Waals surface area (Å²) >= 11 is 0. The van der Waals surface area contributed by atoms with Gasteiger partial charge in [-0.2, -0.15) is 4.98 Å². The summed E-state index contributed by atoms with van der Waals surface area (Å²) in [6, 6.07) is 0. The van der Waals surface area contributed by atoms with E-state index in [1.165, 1.54) is 13.5 Å². The number of carbonyl (C=O) groups excluding carboxylic acids is 1. The molecule has 2 aliphatic rings. The summed E-state index contributed by atoms with van der Waals surface area (Å²) in [6.45, 7) is 0. The summed E-state index contributed by atoms with van der Waals surface area (Å²) in [5, 5.41) is 4.09. The molecule has 1 aromatic heterocycles. The number of aromatic nitrogens is 2. The van der Waals surface area contributed by atoms with Crippen molar-refractivity contribution in [2.45, 2.75) is 56.0 Å². The third kappa shape index (κ3) is 1.93. The van der Waals surface area contributed by atoms with Crippen LogP contribution in [0.5, 0.6) is 0 Å². The molecule has 0 aromatic carbocycles. The van der Waals surface area contributed by atoms with Crippen molar-refractivity contribution in [3.63, 3.8) is 0 Å². The third-order valence-electron chi connectivity index (χ3n) is 4.62. The van der Waals surface area contributed by atoms with Gasteiger partial charge in [0.25, 0.3) is 0 Å². The topological polar surface area (TPSA) is 74.5 Å². The highest BCUT2D eigenvalue weighted by Gasteiger charge is 2.58. The van der Waals surface area contributed by atoms with Crippen LogP contribution in [0.15, 0.2) is 4.52 Å². The van der Waals surface area contributed by atoms with Crippen LogP contribution in [0.25, 0.3) is 0 Å². The fraction of sp³-hybridized carbons (Fsp3) is 0.786. The summed E-state index contributed by atoms with van der Waals surface area (Å²) in [5.74, 6) is 0.661. The highest BCUT2D eigenvalue weighted by atomic mass is 16.5. The lowest BCUT2D eigenvalue weighted by Gasteiger charge is -2.32. The molecule has 2 aliphatic carbocycles. The average Bonchev–Trinajstić information content (AvgIpc) is 3.16. The lowest BCUT2D eigenvalue weighted by Crippen LogP contribution is -2.32. The number of nitrogens with zero attached hydrogens (tertiary/aromatic N) is 2. The maximum atomic E-state index is 11.9. The van der Waals surface area contributed by atoms with Crippen molar-refractivity contribution in [1.82, 2.24) is 10.1 Å². The smallest absolute Gasteiger partial charge is 0.321 e. The van der Waals surface area contributed by atoms with Gasteiger partial charge in [0, 0.05) is 7.11 Å². The molecule has 0 amide bonds. The van der Waals surface area contributed by atoms with Crippen LogP contribution in [-0.2, 0) is 25.3 Å². The van der Waals surface area contributed by atoms with E-state index in [9.17, 15) is 4.79 Å². The highest BCUT2D eigenvalue weighted by Crippen LogP contribution is 2.49. The molecule has 0 bridgehead atoms. The van der Waals surface area contributed by atoms with E-state index in [2.05, 4.69) is 10.1 Å². The van der Waals surface area contributed by atoms with Crippen LogP contribution in [0.4, 0.5) is 0 Å². The van der Waals surface area contributed by atoms with Crippen molar-refractivity contribution in [2.75, 3.05) is 14.2 Å². The van der Waals surface area contributed by atoms with Crippen LogP contribution in [0, 0.1) is 0 Å². The van der Waals surface area contributed by atoms with E-state index < -0.39 is 11.0 Å². The molecular weight excluding hydrogens is 260 g/mol. The number of esters is 1. The van der Waals surface area contributed by atoms with Gasteiger partial charge in [0.05, 0.1) is 7.11 Å². The molecule has 6 nitrogen and oxygen atoms in total. The van der Waals surface area contributed by atoms with Gasteiger partial charge < -0.3 is 14.0 Å². The van der Waals surface area contributed by atoms with E-state index in [4.69, 9.17) is 14.0 Å². The molecule has 0 unspecified atom stereocenters. The van der Waals surface area contributed by atoms with Crippen molar-refractivity contribution in [3.05, 3.63) is 11.7 Å². The van der Waals surface area contributed by atoms with E-state index >= 15 is 0 Å². The number of hydrogen-bond donors (Lipinski definition) is 0. The second kappa shape index (κ2) is 4.84. The van der Waals surface area contributed by atoms with Gasteiger partial charge in [-0.05, 0) is 25.7 Å². The second-order valence-corrected chi connectivity index (χ2v) is 5.76. The van der Waals surface area contributed by atoms with Gasteiger partial charge >= 0.3 is 5.97 Å². The molecule has 20 heavy (non-hydrogen) atoms. The molecule has 0 radical (unpaired) electrons. The Bertz CT molecular complexity index is 501. The fourth-order valence-electron chi connectivity index (χ4n) is 3.07. The fourth-order valence-corrected chi connectivity index (χ4v) is 3.07. The molecular formula is C14H20N2O4. The number of rotatable bonds is 4. The summed E-state index contributed by atoms with van der Waals surface area (Å²) in [4.78, 5) is 16.3. The maximum Gasteiger partial charge on any atom is 0.321 e. The van der Waals surface area contributed by atoms with E-state index in [1.54, 1.807) is 7.11 Å². The molecule has 110 valence electrons. The van der Waals surface area contributed by atoms with Gasteiger partial charge in [-0.15, -0.1) is 0 Å². The first-order valence-corrected chi connectivity index (χ1v) is 7.15. The first-order valence-electron chi connectivity index (χ1n) is 7.15. The molecule has 1 heterocycles. The SMILES string of the molecule is COC(=O)C1(c2nc(C3(OC)CCCCC3)no2)CC1. The Morgan fingerprint density at radius 2 is 1.85 bits per heavy atom. The van der Waals surface area contributed by atoms with Gasteiger partial charge in [0.15, 0.2) is 0 Å². The van der Waals surface area contributed by atoms with Crippen molar-refractivity contribution in [3.8, 4) is 0 Å². The summed E-state index contributed by atoms with van der Waals surface area (Å²) in [6.07, 6.45) is 6.62. The highest BCUT2D eigenvalue weighted by molar-refractivity contribution is 5.85. The van der Waals surface area contributed by atoms with Crippen molar-refractivity contribution in [1.29, 1.82) is 0 Å². The van der Waals surface area contributed by atoms with E-state index in [-0.39, 0.29) is 5.97 Å². The molecule has 3 rings (SSSR count). The van der Waals surface area contributed by atoms with Crippen LogP contribution < -0.4 is 0 Å². The van der Waals surface area contributed by atoms with E-state index in [0.717, 1.165) is 25.7 Å². The monoisotopic (exact) mass is 280 g/mol. The average molecular weight is 280 g/mol. The zero-order valence-corrected chi connectivity index (χ0v) is 12.0. The Kier molecular flexibility index (Phi) is 3.28. The molecule has 0 spiro atoms. The van der Waals surface area contributed by atoms with Crippen LogP contribution >= 0.6 is 0 Å². The predicted molar refractivity (Wildman–Crippen MR) is 69.0 cm³/mol. The van der Waals surface area contributed by atoms with Crippen molar-refractivity contribution >= 4 is 5.97 Å². The first-order chi connectivity index (χ1) is 9.67. The van der Waals surface area contributed by atoms with Crippen molar-refractivity contribution in [2.24, 2.45) is 0 Å². The maximum absolute atomic E-state index is 11.9. The molecule has 0 atom stereocenters. The number of carbonyl (C=O) groups is 1. The number of hydrogen-bond acceptors (Lipinski definition) is 6. The molecule has 0 saturated heterocycles. The minimum atomic E-state index is -0.705. The third-order valence-corrected chi connectivity index (χ3v) is 4.62. The Morgan fingerprint density at radius 1 is 1.15 bits per heavy atom. The predicted octanol–water partition coefficient (Wildman–Crippen LogP) is 2.08. The van der Waals surface area contributed by atoms with Crippen LogP contribution in [-0.4, -0.2) is 30.3 Å². The molecule has 0 aliphatic heterocycles. The van der Waals surface area contributed by atoms with Crippen LogP contribution in [0.2, 0.25) is 0 Å². The normalized spacial score (nSPS) is 23.3. The van der Waals surface area contributed by atoms with Crippen LogP contribution in [0.3, 0.4) is 0 Å². The van der Waals surface area contributed by atoms with Gasteiger partial charge in [-0.1, -0.05) is 24.4 Å². The minimum Gasteiger partial charge on any atom is -0.468 e. The number of methoxy groups -OCH3 is 2. The lowest BCUT2D eigenvalue weighted by atomic mass is 9.84. The molecule has 2 fully saturated rings.